The van der Waals surface area contributed by atoms with Gasteiger partial charge in [0.25, 0.3) is 0 Å². The molecule has 6 heteroatoms. The maximum Gasteiger partial charge on any atom is 0.317 e. The summed E-state index contributed by atoms with van der Waals surface area (Å²) < 4.78 is 1.92. The van der Waals surface area contributed by atoms with Crippen LogP contribution in [0.25, 0.3) is 0 Å². The van der Waals surface area contributed by atoms with Gasteiger partial charge in [-0.1, -0.05) is 61.4 Å². The second-order valence-electron chi connectivity index (χ2n) is 5.87. The number of carbonyl (C=O) groups is 1. The van der Waals surface area contributed by atoms with Gasteiger partial charge in [0.2, 0.25) is 0 Å². The molecule has 0 bridgehead atoms. The largest absolute Gasteiger partial charge is 0.480 e. The molecular formula is C18H24N2O3S. The molecule has 0 radical (unpaired) electrons. The van der Waals surface area contributed by atoms with Crippen molar-refractivity contribution in [2.45, 2.75) is 56.7 Å². The summed E-state index contributed by atoms with van der Waals surface area (Å²) in [7, 11) is 0. The number of carboxylic acids is 1. The van der Waals surface area contributed by atoms with Gasteiger partial charge in [-0.05, 0) is 18.9 Å². The Bertz CT molecular complexity index is 667. The van der Waals surface area contributed by atoms with Crippen LogP contribution in [0, 0.1) is 6.92 Å². The van der Waals surface area contributed by atoms with E-state index >= 15 is 0 Å². The quantitative estimate of drug-likeness (QED) is 0.679. The molecule has 0 saturated heterocycles. The third-order valence-corrected chi connectivity index (χ3v) is 5.03. The van der Waals surface area contributed by atoms with E-state index in [-0.39, 0.29) is 6.61 Å². The highest BCUT2D eigenvalue weighted by atomic mass is 32.2. The van der Waals surface area contributed by atoms with Gasteiger partial charge < -0.3 is 14.8 Å². The topological polar surface area (TPSA) is 75.4 Å². The summed E-state index contributed by atoms with van der Waals surface area (Å²) in [4.78, 5) is 15.9. The van der Waals surface area contributed by atoms with Crippen LogP contribution < -0.4 is 0 Å². The number of unbranched alkanes of at least 4 members (excludes halogenated alkanes) is 1. The zero-order valence-electron chi connectivity index (χ0n) is 14.1. The average molecular weight is 348 g/mol. The molecule has 1 aromatic heterocycles. The Hall–Kier alpha value is -1.79. The fraction of sp³-hybridized carbons (Fsp3) is 0.444. The number of aliphatic hydroxyl groups excluding tert-OH is 1. The Kier molecular flexibility index (Phi) is 6.87. The summed E-state index contributed by atoms with van der Waals surface area (Å²) in [5.74, 6) is -0.816. The number of benzene rings is 1. The van der Waals surface area contributed by atoms with Crippen molar-refractivity contribution in [2.75, 3.05) is 0 Å². The molecule has 24 heavy (non-hydrogen) atoms. The minimum absolute atomic E-state index is 0.152. The summed E-state index contributed by atoms with van der Waals surface area (Å²) in [5.41, 5.74) is 2.87. The summed E-state index contributed by atoms with van der Waals surface area (Å²) >= 11 is 1.26. The molecule has 2 aromatic rings. The maximum absolute atomic E-state index is 11.5. The zero-order chi connectivity index (χ0) is 17.5. The SMILES string of the molecule is CCCCC(Sc1nc(CO)cn1Cc1ccc(C)cc1)C(=O)O. The summed E-state index contributed by atoms with van der Waals surface area (Å²) in [6, 6.07) is 8.20. The number of carboxylic acid groups (broad SMARTS) is 1. The standard InChI is InChI=1S/C18H24N2O3S/c1-3-4-5-16(17(22)23)24-18-19-15(12-21)11-20(18)10-14-8-6-13(2)7-9-14/h6-9,11,16,21H,3-5,10,12H2,1-2H3,(H,22,23). The van der Waals surface area contributed by atoms with Crippen LogP contribution in [-0.4, -0.2) is 31.0 Å². The molecule has 0 aliphatic heterocycles. The second kappa shape index (κ2) is 8.89. The van der Waals surface area contributed by atoms with Crippen LogP contribution in [0.15, 0.2) is 35.6 Å². The maximum atomic E-state index is 11.5. The molecule has 5 nitrogen and oxygen atoms in total. The minimum Gasteiger partial charge on any atom is -0.480 e. The molecule has 0 aliphatic rings. The second-order valence-corrected chi connectivity index (χ2v) is 7.04. The minimum atomic E-state index is -0.816. The van der Waals surface area contributed by atoms with Crippen LogP contribution in [0.2, 0.25) is 0 Å². The van der Waals surface area contributed by atoms with E-state index in [1.165, 1.54) is 17.3 Å². The van der Waals surface area contributed by atoms with Crippen molar-refractivity contribution in [1.82, 2.24) is 9.55 Å². The van der Waals surface area contributed by atoms with Gasteiger partial charge in [0.15, 0.2) is 5.16 Å². The van der Waals surface area contributed by atoms with Gasteiger partial charge in [0, 0.05) is 12.7 Å². The van der Waals surface area contributed by atoms with Crippen molar-refractivity contribution in [3.05, 3.63) is 47.3 Å². The van der Waals surface area contributed by atoms with Gasteiger partial charge in [-0.2, -0.15) is 0 Å². The molecule has 130 valence electrons. The fourth-order valence-electron chi connectivity index (χ4n) is 2.37. The fourth-order valence-corrected chi connectivity index (χ4v) is 3.44. The Balaban J connectivity index is 2.20. The molecule has 2 N–H and O–H groups in total. The van der Waals surface area contributed by atoms with Crippen molar-refractivity contribution in [2.24, 2.45) is 0 Å². The van der Waals surface area contributed by atoms with E-state index in [4.69, 9.17) is 0 Å². The lowest BCUT2D eigenvalue weighted by Gasteiger charge is -2.13. The first-order valence-electron chi connectivity index (χ1n) is 8.15. The van der Waals surface area contributed by atoms with Crippen LogP contribution >= 0.6 is 11.8 Å². The molecule has 1 aromatic carbocycles. The molecule has 0 spiro atoms. The number of rotatable bonds is 9. The van der Waals surface area contributed by atoms with E-state index in [1.807, 2.05) is 42.7 Å². The third kappa shape index (κ3) is 5.11. The lowest BCUT2D eigenvalue weighted by atomic mass is 10.1. The van der Waals surface area contributed by atoms with Gasteiger partial charge in [-0.15, -0.1) is 0 Å². The Labute approximate surface area is 146 Å². The van der Waals surface area contributed by atoms with Crippen LogP contribution in [0.3, 0.4) is 0 Å². The van der Waals surface area contributed by atoms with Crippen molar-refractivity contribution in [3.8, 4) is 0 Å². The predicted molar refractivity (Wildman–Crippen MR) is 95.2 cm³/mol. The highest BCUT2D eigenvalue weighted by molar-refractivity contribution is 8.00. The van der Waals surface area contributed by atoms with E-state index in [9.17, 15) is 15.0 Å². The highest BCUT2D eigenvalue weighted by Gasteiger charge is 2.21. The Morgan fingerprint density at radius 3 is 2.62 bits per heavy atom. The summed E-state index contributed by atoms with van der Waals surface area (Å²) in [6.45, 7) is 4.54. The molecule has 0 aliphatic carbocycles. The number of hydrogen-bond donors (Lipinski definition) is 2. The summed E-state index contributed by atoms with van der Waals surface area (Å²) in [6.07, 6.45) is 4.24. The monoisotopic (exact) mass is 348 g/mol. The van der Waals surface area contributed by atoms with E-state index in [2.05, 4.69) is 4.98 Å². The van der Waals surface area contributed by atoms with Gasteiger partial charge in [0.1, 0.15) is 5.25 Å². The first-order valence-corrected chi connectivity index (χ1v) is 9.03. The van der Waals surface area contributed by atoms with Gasteiger partial charge in [0.05, 0.1) is 12.3 Å². The third-order valence-electron chi connectivity index (χ3n) is 3.77. The van der Waals surface area contributed by atoms with Gasteiger partial charge in [-0.25, -0.2) is 4.98 Å². The number of aryl methyl sites for hydroxylation is 1. The zero-order valence-corrected chi connectivity index (χ0v) is 14.9. The van der Waals surface area contributed by atoms with E-state index in [0.717, 1.165) is 18.4 Å². The van der Waals surface area contributed by atoms with E-state index < -0.39 is 11.2 Å². The molecule has 0 fully saturated rings. The van der Waals surface area contributed by atoms with Crippen LogP contribution in [-0.2, 0) is 17.9 Å². The van der Waals surface area contributed by atoms with E-state index in [1.54, 1.807) is 6.20 Å². The van der Waals surface area contributed by atoms with Crippen molar-refractivity contribution in [3.63, 3.8) is 0 Å². The molecule has 1 heterocycles. The number of aliphatic carboxylic acids is 1. The number of imidazole rings is 1. The first-order chi connectivity index (χ1) is 11.5. The van der Waals surface area contributed by atoms with Crippen molar-refractivity contribution in [1.29, 1.82) is 0 Å². The van der Waals surface area contributed by atoms with Gasteiger partial charge in [-0.3, -0.25) is 4.79 Å². The average Bonchev–Trinajstić information content (AvgIpc) is 2.95. The van der Waals surface area contributed by atoms with E-state index in [0.29, 0.717) is 23.8 Å². The number of aromatic nitrogens is 2. The predicted octanol–water partition coefficient (Wildman–Crippen LogP) is 3.47. The highest BCUT2D eigenvalue weighted by Crippen LogP contribution is 2.27. The normalized spacial score (nSPS) is 12.3. The molecule has 0 amide bonds. The number of nitrogens with zero attached hydrogens (tertiary/aromatic N) is 2. The summed E-state index contributed by atoms with van der Waals surface area (Å²) in [5, 5.41) is 18.9. The number of aliphatic hydroxyl groups is 1. The smallest absolute Gasteiger partial charge is 0.317 e. The van der Waals surface area contributed by atoms with Gasteiger partial charge >= 0.3 is 5.97 Å². The van der Waals surface area contributed by atoms with Crippen molar-refractivity contribution >= 4 is 17.7 Å². The van der Waals surface area contributed by atoms with Crippen LogP contribution in [0.5, 0.6) is 0 Å². The van der Waals surface area contributed by atoms with Crippen LogP contribution in [0.4, 0.5) is 0 Å². The van der Waals surface area contributed by atoms with Crippen LogP contribution in [0.1, 0.15) is 43.0 Å². The Morgan fingerprint density at radius 2 is 2.04 bits per heavy atom. The molecule has 1 unspecified atom stereocenters. The molecule has 2 rings (SSSR count). The lowest BCUT2D eigenvalue weighted by Crippen LogP contribution is -2.17. The molecule has 1 atom stereocenters. The molecular weight excluding hydrogens is 324 g/mol. The Morgan fingerprint density at radius 1 is 1.33 bits per heavy atom. The molecule has 0 saturated carbocycles. The lowest BCUT2D eigenvalue weighted by molar-refractivity contribution is -0.136. The number of hydrogen-bond acceptors (Lipinski definition) is 4. The number of thioether (sulfide) groups is 1. The first kappa shape index (κ1) is 18.5. The van der Waals surface area contributed by atoms with Crippen molar-refractivity contribution < 1.29 is 15.0 Å².